The van der Waals surface area contributed by atoms with E-state index >= 15 is 0 Å². The average Bonchev–Trinajstić information content (AvgIpc) is 2.69. The molecule has 2 heteroatoms. The number of rotatable bonds is 14. The molecule has 0 aliphatic heterocycles. The summed E-state index contributed by atoms with van der Waals surface area (Å²) in [7, 11) is 0. The first-order valence-electron chi connectivity index (χ1n) is 11.5. The van der Waals surface area contributed by atoms with E-state index in [0.717, 1.165) is 35.6 Å². The lowest BCUT2D eigenvalue weighted by Crippen LogP contribution is -2.16. The summed E-state index contributed by atoms with van der Waals surface area (Å²) in [5.74, 6) is -0.273. The van der Waals surface area contributed by atoms with E-state index in [2.05, 4.69) is 26.0 Å². The summed E-state index contributed by atoms with van der Waals surface area (Å²) >= 11 is 0. The Bertz CT molecular complexity index is 735. The van der Waals surface area contributed by atoms with E-state index in [1.807, 2.05) is 18.2 Å². The molecule has 0 aliphatic rings. The molecule has 0 unspecified atom stereocenters. The molecule has 0 aliphatic carbocycles. The Morgan fingerprint density at radius 1 is 0.786 bits per heavy atom. The highest BCUT2D eigenvalue weighted by molar-refractivity contribution is 6.08. The van der Waals surface area contributed by atoms with Gasteiger partial charge in [0.05, 0.1) is 5.56 Å². The lowest BCUT2D eigenvalue weighted by atomic mass is 9.88. The van der Waals surface area contributed by atoms with Gasteiger partial charge >= 0.3 is 0 Å². The van der Waals surface area contributed by atoms with Crippen molar-refractivity contribution in [3.8, 4) is 0 Å². The number of benzene rings is 2. The van der Waals surface area contributed by atoms with E-state index in [9.17, 15) is 4.79 Å². The van der Waals surface area contributed by atoms with Crippen molar-refractivity contribution < 1.29 is 4.79 Å². The van der Waals surface area contributed by atoms with Crippen molar-refractivity contribution in [3.05, 3.63) is 47.0 Å². The summed E-state index contributed by atoms with van der Waals surface area (Å²) in [5.41, 5.74) is 9.21. The van der Waals surface area contributed by atoms with E-state index < -0.39 is 0 Å². The van der Waals surface area contributed by atoms with Gasteiger partial charge in [-0.15, -0.1) is 0 Å². The summed E-state index contributed by atoms with van der Waals surface area (Å²) in [5, 5.41) is 2.16. The molecule has 2 aromatic carbocycles. The number of primary amides is 1. The molecule has 2 nitrogen and oxygen atoms in total. The predicted octanol–water partition coefficient (Wildman–Crippen LogP) is 7.35. The Morgan fingerprint density at radius 2 is 1.36 bits per heavy atom. The van der Waals surface area contributed by atoms with Crippen LogP contribution in [0.5, 0.6) is 0 Å². The Morgan fingerprint density at radius 3 is 2.00 bits per heavy atom. The van der Waals surface area contributed by atoms with Crippen molar-refractivity contribution in [3.63, 3.8) is 0 Å². The minimum atomic E-state index is -0.273. The van der Waals surface area contributed by atoms with Crippen LogP contribution in [-0.2, 0) is 12.8 Å². The van der Waals surface area contributed by atoms with Crippen molar-refractivity contribution >= 4 is 16.7 Å². The molecule has 0 aromatic heterocycles. The quantitative estimate of drug-likeness (QED) is 0.341. The van der Waals surface area contributed by atoms with Crippen molar-refractivity contribution in [2.45, 2.75) is 97.3 Å². The van der Waals surface area contributed by atoms with Gasteiger partial charge in [0.1, 0.15) is 0 Å². The third-order valence-electron chi connectivity index (χ3n) is 5.83. The monoisotopic (exact) mass is 381 g/mol. The minimum Gasteiger partial charge on any atom is -0.366 e. The van der Waals surface area contributed by atoms with E-state index in [1.165, 1.54) is 75.3 Å². The molecule has 0 radical (unpaired) electrons. The Hall–Kier alpha value is -1.83. The second kappa shape index (κ2) is 12.6. The van der Waals surface area contributed by atoms with Gasteiger partial charge in [-0.25, -0.2) is 0 Å². The Kier molecular flexibility index (Phi) is 10.1. The summed E-state index contributed by atoms with van der Waals surface area (Å²) in [6.45, 7) is 4.50. The largest absolute Gasteiger partial charge is 0.366 e. The first kappa shape index (κ1) is 22.5. The van der Waals surface area contributed by atoms with Crippen LogP contribution in [0, 0.1) is 0 Å². The zero-order valence-corrected chi connectivity index (χ0v) is 18.1. The van der Waals surface area contributed by atoms with Crippen LogP contribution in [-0.4, -0.2) is 5.91 Å². The number of aryl methyl sites for hydroxylation is 1. The number of fused-ring (bicyclic) bond motifs is 1. The smallest absolute Gasteiger partial charge is 0.249 e. The van der Waals surface area contributed by atoms with Gasteiger partial charge in [0.15, 0.2) is 0 Å². The minimum absolute atomic E-state index is 0.273. The maximum Gasteiger partial charge on any atom is 0.249 e. The van der Waals surface area contributed by atoms with Crippen molar-refractivity contribution in [2.75, 3.05) is 0 Å². The fourth-order valence-electron chi connectivity index (χ4n) is 4.24. The molecule has 2 rings (SSSR count). The molecule has 0 heterocycles. The molecule has 1 amide bonds. The van der Waals surface area contributed by atoms with Crippen molar-refractivity contribution in [1.29, 1.82) is 0 Å². The number of hydrogen-bond donors (Lipinski definition) is 1. The zero-order valence-electron chi connectivity index (χ0n) is 18.1. The first-order valence-corrected chi connectivity index (χ1v) is 11.5. The molecular weight excluding hydrogens is 342 g/mol. The number of hydrogen-bond acceptors (Lipinski definition) is 1. The maximum atomic E-state index is 12.4. The van der Waals surface area contributed by atoms with E-state index in [-0.39, 0.29) is 5.91 Å². The highest BCUT2D eigenvalue weighted by Crippen LogP contribution is 2.29. The third kappa shape index (κ3) is 6.65. The molecule has 154 valence electrons. The topological polar surface area (TPSA) is 43.1 Å². The molecule has 0 saturated carbocycles. The molecule has 0 spiro atoms. The van der Waals surface area contributed by atoms with Gasteiger partial charge in [-0.2, -0.15) is 0 Å². The van der Waals surface area contributed by atoms with Crippen LogP contribution in [0.15, 0.2) is 30.3 Å². The number of nitrogens with two attached hydrogens (primary N) is 1. The lowest BCUT2D eigenvalue weighted by molar-refractivity contribution is 0.100. The fourth-order valence-corrected chi connectivity index (χ4v) is 4.24. The molecule has 0 bridgehead atoms. The van der Waals surface area contributed by atoms with Gasteiger partial charge in [-0.05, 0) is 47.6 Å². The molecular formula is C26H39NO. The van der Waals surface area contributed by atoms with Crippen LogP contribution in [0.3, 0.4) is 0 Å². The number of amides is 1. The van der Waals surface area contributed by atoms with Crippen molar-refractivity contribution in [1.82, 2.24) is 0 Å². The molecule has 2 aromatic rings. The van der Waals surface area contributed by atoms with E-state index in [4.69, 9.17) is 5.73 Å². The van der Waals surface area contributed by atoms with E-state index in [1.54, 1.807) is 0 Å². The van der Waals surface area contributed by atoms with Crippen LogP contribution >= 0.6 is 0 Å². The van der Waals surface area contributed by atoms with Crippen LogP contribution in [0.2, 0.25) is 0 Å². The van der Waals surface area contributed by atoms with Crippen LogP contribution in [0.4, 0.5) is 0 Å². The van der Waals surface area contributed by atoms with Gasteiger partial charge in [0.2, 0.25) is 5.91 Å². The highest BCUT2D eigenvalue weighted by atomic mass is 16.1. The Labute approximate surface area is 171 Å². The van der Waals surface area contributed by atoms with E-state index in [0.29, 0.717) is 0 Å². The van der Waals surface area contributed by atoms with Crippen LogP contribution in [0.1, 0.15) is 106 Å². The van der Waals surface area contributed by atoms with Crippen molar-refractivity contribution in [2.24, 2.45) is 5.73 Å². The van der Waals surface area contributed by atoms with Gasteiger partial charge in [0.25, 0.3) is 0 Å². The second-order valence-electron chi connectivity index (χ2n) is 8.16. The molecule has 0 atom stereocenters. The number of carbonyl (C=O) groups excluding carboxylic acids is 1. The standard InChI is InChI=1S/C26H39NO/c1-3-5-7-9-11-13-18-23-21(16-12-10-8-6-4-2)20-22-17-14-15-19-24(22)25(23)26(27)28/h14-15,17,19-20H,3-13,16,18H2,1-2H3,(H2,27,28). The second-order valence-corrected chi connectivity index (χ2v) is 8.16. The first-order chi connectivity index (χ1) is 13.7. The fraction of sp³-hybridized carbons (Fsp3) is 0.577. The molecule has 2 N–H and O–H groups in total. The summed E-state index contributed by atoms with van der Waals surface area (Å²) in [6, 6.07) is 10.5. The normalized spacial score (nSPS) is 11.2. The average molecular weight is 382 g/mol. The predicted molar refractivity (Wildman–Crippen MR) is 122 cm³/mol. The summed E-state index contributed by atoms with van der Waals surface area (Å²) in [4.78, 5) is 12.4. The zero-order chi connectivity index (χ0) is 20.2. The van der Waals surface area contributed by atoms with Gasteiger partial charge in [-0.1, -0.05) is 102 Å². The summed E-state index contributed by atoms with van der Waals surface area (Å²) in [6.07, 6.45) is 16.0. The maximum absolute atomic E-state index is 12.4. The lowest BCUT2D eigenvalue weighted by Gasteiger charge is -2.17. The van der Waals surface area contributed by atoms with Crippen LogP contribution in [0.25, 0.3) is 10.8 Å². The van der Waals surface area contributed by atoms with Gasteiger partial charge < -0.3 is 5.73 Å². The Balaban J connectivity index is 2.20. The molecule has 0 fully saturated rings. The summed E-state index contributed by atoms with van der Waals surface area (Å²) < 4.78 is 0. The molecule has 28 heavy (non-hydrogen) atoms. The van der Waals surface area contributed by atoms with Crippen LogP contribution < -0.4 is 5.73 Å². The third-order valence-corrected chi connectivity index (χ3v) is 5.83. The van der Waals surface area contributed by atoms with Gasteiger partial charge in [0, 0.05) is 0 Å². The molecule has 0 saturated heterocycles. The van der Waals surface area contributed by atoms with Gasteiger partial charge in [-0.3, -0.25) is 4.79 Å². The number of unbranched alkanes of at least 4 members (excludes halogenated alkanes) is 9. The number of carbonyl (C=O) groups is 1. The highest BCUT2D eigenvalue weighted by Gasteiger charge is 2.17. The SMILES string of the molecule is CCCCCCCCc1c(CCCCCCC)cc2ccccc2c1C(N)=O.